The Labute approximate surface area is 180 Å². The van der Waals surface area contributed by atoms with Crippen molar-refractivity contribution in [3.05, 3.63) is 48.0 Å². The highest BCUT2D eigenvalue weighted by Gasteiger charge is 2.35. The minimum absolute atomic E-state index is 0.293. The second-order valence-electron chi connectivity index (χ2n) is 7.48. The van der Waals surface area contributed by atoms with Gasteiger partial charge in [-0.2, -0.15) is 0 Å². The summed E-state index contributed by atoms with van der Waals surface area (Å²) in [5, 5.41) is 21.1. The van der Waals surface area contributed by atoms with Crippen LogP contribution in [0, 0.1) is 0 Å². The number of aromatic amines is 1. The van der Waals surface area contributed by atoms with Gasteiger partial charge in [0.2, 0.25) is 15.9 Å². The molecule has 0 saturated heterocycles. The third kappa shape index (κ3) is 5.27. The molecule has 10 heteroatoms. The average molecular weight is 447 g/mol. The zero-order chi connectivity index (χ0) is 21.8. The zero-order valence-electron chi connectivity index (χ0n) is 17.2. The van der Waals surface area contributed by atoms with E-state index >= 15 is 0 Å². The molecule has 31 heavy (non-hydrogen) atoms. The maximum absolute atomic E-state index is 12.1. The maximum atomic E-state index is 12.1. The van der Waals surface area contributed by atoms with Gasteiger partial charge in [-0.05, 0) is 42.7 Å². The lowest BCUT2D eigenvalue weighted by molar-refractivity contribution is 0.172. The number of aromatic nitrogens is 2. The van der Waals surface area contributed by atoms with Gasteiger partial charge in [-0.3, -0.25) is 9.82 Å². The van der Waals surface area contributed by atoms with Crippen LogP contribution in [-0.2, 0) is 10.0 Å². The van der Waals surface area contributed by atoms with Crippen LogP contribution >= 0.6 is 0 Å². The molecule has 0 bridgehead atoms. The minimum Gasteiger partial charge on any atom is -0.492 e. The highest BCUT2D eigenvalue weighted by atomic mass is 32.2. The van der Waals surface area contributed by atoms with Crippen molar-refractivity contribution in [2.24, 2.45) is 0 Å². The van der Waals surface area contributed by atoms with Crippen molar-refractivity contribution in [1.29, 1.82) is 0 Å². The second-order valence-corrected chi connectivity index (χ2v) is 9.44. The first-order valence-corrected chi connectivity index (χ1v) is 11.7. The van der Waals surface area contributed by atoms with E-state index in [9.17, 15) is 13.5 Å². The average Bonchev–Trinajstić information content (AvgIpc) is 3.54. The molecule has 4 rings (SSSR count). The smallest absolute Gasteiger partial charge is 0.240 e. The molecule has 1 fully saturated rings. The summed E-state index contributed by atoms with van der Waals surface area (Å²) in [6.45, 7) is 1.28. The van der Waals surface area contributed by atoms with Crippen molar-refractivity contribution in [2.75, 3.05) is 31.5 Å². The van der Waals surface area contributed by atoms with Crippen LogP contribution in [0.4, 0.5) is 5.69 Å². The summed E-state index contributed by atoms with van der Waals surface area (Å²) in [4.78, 5) is 0. The summed E-state index contributed by atoms with van der Waals surface area (Å²) in [7, 11) is -1.75. The van der Waals surface area contributed by atoms with Crippen LogP contribution in [0.2, 0.25) is 0 Å². The summed E-state index contributed by atoms with van der Waals surface area (Å²) < 4.78 is 37.7. The monoisotopic (exact) mass is 446 g/mol. The number of aliphatic hydroxyl groups is 1. The quantitative estimate of drug-likeness (QED) is 0.333. The van der Waals surface area contributed by atoms with Gasteiger partial charge in [-0.25, -0.2) is 8.42 Å². The van der Waals surface area contributed by atoms with Crippen LogP contribution < -0.4 is 19.5 Å². The van der Waals surface area contributed by atoms with E-state index in [4.69, 9.17) is 9.47 Å². The van der Waals surface area contributed by atoms with Gasteiger partial charge in [0.1, 0.15) is 12.4 Å². The SMILES string of the molecule is COc1n[nH]c2cc(OCCNC[C@H](O)c3cccc(NS(=O)(=O)C4CC4)c3)ccc12. The standard InChI is InChI=1S/C21H26N4O5S/c1-29-21-18-8-5-16(12-19(18)23-24-21)30-10-9-22-13-20(26)14-3-2-4-15(11-14)25-31(27,28)17-6-7-17/h2-5,8,11-12,17,20,22,25-26H,6-7,9-10,13H2,1H3,(H,23,24)/t20-/m0/s1. The molecule has 2 aromatic carbocycles. The Morgan fingerprint density at radius 1 is 1.26 bits per heavy atom. The van der Waals surface area contributed by atoms with Crippen LogP contribution in [0.1, 0.15) is 24.5 Å². The third-order valence-electron chi connectivity index (χ3n) is 5.07. The van der Waals surface area contributed by atoms with Crippen LogP contribution in [0.15, 0.2) is 42.5 Å². The second kappa shape index (κ2) is 9.13. The lowest BCUT2D eigenvalue weighted by Gasteiger charge is -2.14. The fourth-order valence-corrected chi connectivity index (χ4v) is 4.63. The summed E-state index contributed by atoms with van der Waals surface area (Å²) >= 11 is 0. The van der Waals surface area contributed by atoms with Crippen LogP contribution in [0.25, 0.3) is 10.9 Å². The van der Waals surface area contributed by atoms with E-state index in [-0.39, 0.29) is 5.25 Å². The molecule has 9 nitrogen and oxygen atoms in total. The Kier molecular flexibility index (Phi) is 6.30. The van der Waals surface area contributed by atoms with E-state index < -0.39 is 16.1 Å². The van der Waals surface area contributed by atoms with Crippen LogP contribution in [0.3, 0.4) is 0 Å². The molecule has 166 valence electrons. The van der Waals surface area contributed by atoms with E-state index in [2.05, 4.69) is 20.2 Å². The Morgan fingerprint density at radius 2 is 2.10 bits per heavy atom. The Morgan fingerprint density at radius 3 is 2.87 bits per heavy atom. The molecule has 1 heterocycles. The first-order chi connectivity index (χ1) is 15.0. The summed E-state index contributed by atoms with van der Waals surface area (Å²) in [5.74, 6) is 1.25. The molecule has 4 N–H and O–H groups in total. The Balaban J connectivity index is 1.23. The number of benzene rings is 2. The molecule has 0 unspecified atom stereocenters. The first kappa shape index (κ1) is 21.4. The number of fused-ring (bicyclic) bond motifs is 1. The fourth-order valence-electron chi connectivity index (χ4n) is 3.25. The van der Waals surface area contributed by atoms with Crippen molar-refractivity contribution in [2.45, 2.75) is 24.2 Å². The number of aliphatic hydroxyl groups excluding tert-OH is 1. The van der Waals surface area contributed by atoms with E-state index in [0.717, 1.165) is 10.9 Å². The van der Waals surface area contributed by atoms with E-state index in [1.165, 1.54) is 0 Å². The molecule has 1 aliphatic carbocycles. The number of anilines is 1. The number of hydrogen-bond acceptors (Lipinski definition) is 7. The fraction of sp³-hybridized carbons (Fsp3) is 0.381. The molecular weight excluding hydrogens is 420 g/mol. The van der Waals surface area contributed by atoms with Crippen molar-refractivity contribution < 1.29 is 23.0 Å². The highest BCUT2D eigenvalue weighted by molar-refractivity contribution is 7.93. The van der Waals surface area contributed by atoms with Gasteiger partial charge in [-0.15, -0.1) is 5.10 Å². The predicted molar refractivity (Wildman–Crippen MR) is 118 cm³/mol. The molecule has 0 amide bonds. The van der Waals surface area contributed by atoms with Gasteiger partial charge >= 0.3 is 0 Å². The van der Waals surface area contributed by atoms with Crippen LogP contribution in [0.5, 0.6) is 11.6 Å². The lowest BCUT2D eigenvalue weighted by atomic mass is 10.1. The number of nitrogens with one attached hydrogen (secondary N) is 3. The predicted octanol–water partition coefficient (Wildman–Crippen LogP) is 2.18. The third-order valence-corrected chi connectivity index (χ3v) is 6.94. The molecule has 0 radical (unpaired) electrons. The topological polar surface area (TPSA) is 126 Å². The van der Waals surface area contributed by atoms with Crippen molar-refractivity contribution >= 4 is 26.6 Å². The normalized spacial score (nSPS) is 15.0. The maximum Gasteiger partial charge on any atom is 0.240 e. The zero-order valence-corrected chi connectivity index (χ0v) is 18.0. The summed E-state index contributed by atoms with van der Waals surface area (Å²) in [6.07, 6.45) is 0.639. The summed E-state index contributed by atoms with van der Waals surface area (Å²) in [5.41, 5.74) is 1.94. The number of sulfonamides is 1. The van der Waals surface area contributed by atoms with Gasteiger partial charge in [0.15, 0.2) is 0 Å². The Bertz CT molecular complexity index is 1140. The summed E-state index contributed by atoms with van der Waals surface area (Å²) in [6, 6.07) is 12.4. The van der Waals surface area contributed by atoms with Crippen LogP contribution in [-0.4, -0.2) is 55.8 Å². The molecule has 0 spiro atoms. The molecule has 3 aromatic rings. The van der Waals surface area contributed by atoms with Crippen molar-refractivity contribution in [1.82, 2.24) is 15.5 Å². The number of rotatable bonds is 11. The first-order valence-electron chi connectivity index (χ1n) is 10.1. The number of hydrogen-bond donors (Lipinski definition) is 4. The number of ether oxygens (including phenoxy) is 2. The van der Waals surface area contributed by atoms with E-state index in [1.54, 1.807) is 31.4 Å². The number of H-pyrrole nitrogens is 1. The van der Waals surface area contributed by atoms with Gasteiger partial charge in [-0.1, -0.05) is 12.1 Å². The van der Waals surface area contributed by atoms with Gasteiger partial charge < -0.3 is 19.9 Å². The highest BCUT2D eigenvalue weighted by Crippen LogP contribution is 2.30. The van der Waals surface area contributed by atoms with Gasteiger partial charge in [0.25, 0.3) is 0 Å². The molecule has 0 aliphatic heterocycles. The minimum atomic E-state index is -3.32. The molecule has 1 aromatic heterocycles. The Hall–Kier alpha value is -2.82. The lowest BCUT2D eigenvalue weighted by Crippen LogP contribution is -2.26. The van der Waals surface area contributed by atoms with Gasteiger partial charge in [0.05, 0.1) is 29.4 Å². The molecular formula is C21H26N4O5S. The van der Waals surface area contributed by atoms with Gasteiger partial charge in [0, 0.05) is 24.8 Å². The van der Waals surface area contributed by atoms with E-state index in [0.29, 0.717) is 55.4 Å². The number of methoxy groups -OCH3 is 1. The largest absolute Gasteiger partial charge is 0.492 e. The molecule has 1 aliphatic rings. The van der Waals surface area contributed by atoms with E-state index in [1.807, 2.05) is 18.2 Å². The number of nitrogens with zero attached hydrogens (tertiary/aromatic N) is 1. The molecule has 1 saturated carbocycles. The van der Waals surface area contributed by atoms with Crippen molar-refractivity contribution in [3.63, 3.8) is 0 Å². The van der Waals surface area contributed by atoms with Crippen molar-refractivity contribution in [3.8, 4) is 11.6 Å². The molecule has 1 atom stereocenters.